The Labute approximate surface area is 109 Å². The van der Waals surface area contributed by atoms with Gasteiger partial charge in [-0.1, -0.05) is 13.0 Å². The van der Waals surface area contributed by atoms with Crippen LogP contribution in [-0.4, -0.2) is 30.6 Å². The second kappa shape index (κ2) is 5.99. The van der Waals surface area contributed by atoms with Gasteiger partial charge in [0.25, 0.3) is 0 Å². The van der Waals surface area contributed by atoms with Gasteiger partial charge >= 0.3 is 0 Å². The lowest BCUT2D eigenvalue weighted by atomic mass is 10.0. The molecule has 2 rings (SSSR count). The third kappa shape index (κ3) is 2.90. The van der Waals surface area contributed by atoms with E-state index in [4.69, 9.17) is 5.26 Å². The predicted molar refractivity (Wildman–Crippen MR) is 73.3 cm³/mol. The van der Waals surface area contributed by atoms with Gasteiger partial charge in [0.15, 0.2) is 0 Å². The minimum atomic E-state index is 0.657. The van der Waals surface area contributed by atoms with Gasteiger partial charge in [0.05, 0.1) is 11.6 Å². The zero-order valence-corrected chi connectivity index (χ0v) is 11.2. The van der Waals surface area contributed by atoms with E-state index in [1.165, 1.54) is 17.5 Å². The Kier molecular flexibility index (Phi) is 4.35. The second-order valence-electron chi connectivity index (χ2n) is 4.96. The van der Waals surface area contributed by atoms with E-state index in [2.05, 4.69) is 36.2 Å². The van der Waals surface area contributed by atoms with E-state index >= 15 is 0 Å². The molecule has 1 fully saturated rings. The van der Waals surface area contributed by atoms with Gasteiger partial charge in [-0.3, -0.25) is 4.90 Å². The van der Waals surface area contributed by atoms with E-state index in [9.17, 15) is 0 Å². The Bertz CT molecular complexity index is 442. The van der Waals surface area contributed by atoms with Crippen molar-refractivity contribution in [1.82, 2.24) is 10.2 Å². The van der Waals surface area contributed by atoms with Crippen LogP contribution in [0.5, 0.6) is 0 Å². The fraction of sp³-hybridized carbons (Fsp3) is 0.533. The van der Waals surface area contributed by atoms with Gasteiger partial charge in [0.1, 0.15) is 0 Å². The number of nitrogens with zero attached hydrogens (tertiary/aromatic N) is 2. The molecule has 0 amide bonds. The Morgan fingerprint density at radius 3 is 2.89 bits per heavy atom. The van der Waals surface area contributed by atoms with Crippen LogP contribution in [0.15, 0.2) is 18.2 Å². The van der Waals surface area contributed by atoms with Gasteiger partial charge in [-0.05, 0) is 49.7 Å². The molecule has 1 N–H and O–H groups in total. The molecule has 0 spiro atoms. The lowest BCUT2D eigenvalue weighted by Gasteiger charge is -2.27. The molecule has 18 heavy (non-hydrogen) atoms. The van der Waals surface area contributed by atoms with Gasteiger partial charge in [0, 0.05) is 19.1 Å². The Balaban J connectivity index is 2.09. The van der Waals surface area contributed by atoms with Crippen molar-refractivity contribution >= 4 is 0 Å². The third-order valence-electron chi connectivity index (χ3n) is 3.80. The average molecular weight is 243 g/mol. The molecule has 96 valence electrons. The number of aryl methyl sites for hydroxylation is 1. The maximum Gasteiger partial charge on any atom is 0.0991 e. The van der Waals surface area contributed by atoms with Crippen LogP contribution in [0.25, 0.3) is 0 Å². The highest BCUT2D eigenvalue weighted by molar-refractivity contribution is 5.37. The summed E-state index contributed by atoms with van der Waals surface area (Å²) in [5.74, 6) is 0. The summed E-state index contributed by atoms with van der Waals surface area (Å²) >= 11 is 0. The van der Waals surface area contributed by atoms with Gasteiger partial charge in [-0.25, -0.2) is 0 Å². The van der Waals surface area contributed by atoms with E-state index in [-0.39, 0.29) is 0 Å². The van der Waals surface area contributed by atoms with Crippen molar-refractivity contribution < 1.29 is 0 Å². The molecule has 0 radical (unpaired) electrons. The lowest BCUT2D eigenvalue weighted by Crippen LogP contribution is -2.36. The predicted octanol–water partition coefficient (Wildman–Crippen LogP) is 2.05. The molecular formula is C15H21N3. The molecular weight excluding hydrogens is 222 g/mol. The van der Waals surface area contributed by atoms with E-state index in [1.807, 2.05) is 12.1 Å². The molecule has 1 atom stereocenters. The van der Waals surface area contributed by atoms with Crippen LogP contribution in [0.2, 0.25) is 0 Å². The highest BCUT2D eigenvalue weighted by atomic mass is 15.2. The molecule has 0 aliphatic carbocycles. The number of benzene rings is 1. The third-order valence-corrected chi connectivity index (χ3v) is 3.80. The fourth-order valence-electron chi connectivity index (χ4n) is 2.61. The van der Waals surface area contributed by atoms with Crippen molar-refractivity contribution in [2.24, 2.45) is 0 Å². The van der Waals surface area contributed by atoms with Crippen LogP contribution in [0.3, 0.4) is 0 Å². The molecule has 1 unspecified atom stereocenters. The topological polar surface area (TPSA) is 39.1 Å². The van der Waals surface area contributed by atoms with Crippen molar-refractivity contribution in [3.8, 4) is 6.07 Å². The van der Waals surface area contributed by atoms with Crippen LogP contribution in [0.4, 0.5) is 0 Å². The SMILES string of the molecule is CCN(Cc1ccc(C#N)cc1C)C1CCNC1. The maximum absolute atomic E-state index is 8.88. The lowest BCUT2D eigenvalue weighted by molar-refractivity contribution is 0.210. The molecule has 0 bridgehead atoms. The molecule has 1 aliphatic rings. The zero-order chi connectivity index (χ0) is 13.0. The summed E-state index contributed by atoms with van der Waals surface area (Å²) in [6.07, 6.45) is 1.24. The van der Waals surface area contributed by atoms with Crippen molar-refractivity contribution in [2.45, 2.75) is 32.9 Å². The summed E-state index contributed by atoms with van der Waals surface area (Å²) in [6.45, 7) is 8.61. The summed E-state index contributed by atoms with van der Waals surface area (Å²) in [5, 5.41) is 12.3. The standard InChI is InChI=1S/C15H21N3/c1-3-18(15-6-7-17-10-15)11-14-5-4-13(9-16)8-12(14)2/h4-5,8,15,17H,3,6-7,10-11H2,1-2H3. The molecule has 1 aromatic carbocycles. The minimum Gasteiger partial charge on any atom is -0.315 e. The molecule has 3 heteroatoms. The van der Waals surface area contributed by atoms with E-state index in [0.717, 1.165) is 31.7 Å². The smallest absolute Gasteiger partial charge is 0.0991 e. The van der Waals surface area contributed by atoms with Crippen LogP contribution in [-0.2, 0) is 6.54 Å². The molecule has 1 aliphatic heterocycles. The number of hydrogen-bond donors (Lipinski definition) is 1. The molecule has 3 nitrogen and oxygen atoms in total. The molecule has 1 heterocycles. The summed E-state index contributed by atoms with van der Waals surface area (Å²) < 4.78 is 0. The Hall–Kier alpha value is -1.37. The Morgan fingerprint density at radius 1 is 1.50 bits per heavy atom. The number of nitrogens with one attached hydrogen (secondary N) is 1. The second-order valence-corrected chi connectivity index (χ2v) is 4.96. The van der Waals surface area contributed by atoms with Gasteiger partial charge in [-0.2, -0.15) is 5.26 Å². The van der Waals surface area contributed by atoms with Gasteiger partial charge in [0.2, 0.25) is 0 Å². The fourth-order valence-corrected chi connectivity index (χ4v) is 2.61. The summed E-state index contributed by atoms with van der Waals surface area (Å²) in [4.78, 5) is 2.52. The highest BCUT2D eigenvalue weighted by Crippen LogP contribution is 2.17. The van der Waals surface area contributed by atoms with E-state index in [0.29, 0.717) is 6.04 Å². The maximum atomic E-state index is 8.88. The number of likely N-dealkylation sites (N-methyl/N-ethyl adjacent to an activating group) is 1. The monoisotopic (exact) mass is 243 g/mol. The normalized spacial score (nSPS) is 19.1. The van der Waals surface area contributed by atoms with Crippen LogP contribution in [0, 0.1) is 18.3 Å². The van der Waals surface area contributed by atoms with Crippen LogP contribution >= 0.6 is 0 Å². The van der Waals surface area contributed by atoms with Crippen molar-refractivity contribution in [3.05, 3.63) is 34.9 Å². The largest absolute Gasteiger partial charge is 0.315 e. The minimum absolute atomic E-state index is 0.657. The number of hydrogen-bond acceptors (Lipinski definition) is 3. The first-order chi connectivity index (χ1) is 8.74. The van der Waals surface area contributed by atoms with E-state index in [1.54, 1.807) is 0 Å². The first-order valence-corrected chi connectivity index (χ1v) is 6.69. The zero-order valence-electron chi connectivity index (χ0n) is 11.2. The van der Waals surface area contributed by atoms with Gasteiger partial charge in [-0.15, -0.1) is 0 Å². The van der Waals surface area contributed by atoms with Crippen LogP contribution < -0.4 is 5.32 Å². The summed E-state index contributed by atoms with van der Waals surface area (Å²) in [7, 11) is 0. The molecule has 0 saturated carbocycles. The van der Waals surface area contributed by atoms with Gasteiger partial charge < -0.3 is 5.32 Å². The van der Waals surface area contributed by atoms with Crippen molar-refractivity contribution in [1.29, 1.82) is 5.26 Å². The first-order valence-electron chi connectivity index (χ1n) is 6.69. The summed E-state index contributed by atoms with van der Waals surface area (Å²) in [6, 6.07) is 8.85. The van der Waals surface area contributed by atoms with Crippen molar-refractivity contribution in [3.63, 3.8) is 0 Å². The quantitative estimate of drug-likeness (QED) is 0.879. The molecule has 0 aromatic heterocycles. The number of rotatable bonds is 4. The highest BCUT2D eigenvalue weighted by Gasteiger charge is 2.21. The number of nitriles is 1. The average Bonchev–Trinajstić information content (AvgIpc) is 2.91. The molecule has 1 aromatic rings. The van der Waals surface area contributed by atoms with Crippen molar-refractivity contribution in [2.75, 3.05) is 19.6 Å². The summed E-state index contributed by atoms with van der Waals surface area (Å²) in [5.41, 5.74) is 3.31. The Morgan fingerprint density at radius 2 is 2.33 bits per heavy atom. The van der Waals surface area contributed by atoms with Crippen LogP contribution in [0.1, 0.15) is 30.0 Å². The van der Waals surface area contributed by atoms with E-state index < -0.39 is 0 Å². The molecule has 1 saturated heterocycles. The first kappa shape index (κ1) is 13.1.